The minimum Gasteiger partial charge on any atom is -0.379 e. The first-order valence-electron chi connectivity index (χ1n) is 7.71. The maximum Gasteiger partial charge on any atom is 0.292 e. The molecule has 6 heteroatoms. The van der Waals surface area contributed by atoms with Crippen molar-refractivity contribution in [2.24, 2.45) is 5.92 Å². The predicted molar refractivity (Wildman–Crippen MR) is 87.9 cm³/mol. The summed E-state index contributed by atoms with van der Waals surface area (Å²) in [7, 11) is 3.94. The summed E-state index contributed by atoms with van der Waals surface area (Å²) in [5.74, 6) is -0.0974. The summed E-state index contributed by atoms with van der Waals surface area (Å²) in [4.78, 5) is 12.8. The van der Waals surface area contributed by atoms with Crippen LogP contribution in [0.15, 0.2) is 12.1 Å². The Bertz CT molecular complexity index is 506. The lowest BCUT2D eigenvalue weighted by molar-refractivity contribution is -0.384. The molecular formula is C16H26FN3O2. The highest BCUT2D eigenvalue weighted by atomic mass is 19.1. The summed E-state index contributed by atoms with van der Waals surface area (Å²) in [5, 5.41) is 14.3. The quantitative estimate of drug-likeness (QED) is 0.429. The Morgan fingerprint density at radius 3 is 2.64 bits per heavy atom. The summed E-state index contributed by atoms with van der Waals surface area (Å²) in [6.45, 7) is 5.50. The Hall–Kier alpha value is -1.69. The first kappa shape index (κ1) is 18.4. The van der Waals surface area contributed by atoms with Gasteiger partial charge in [0.1, 0.15) is 11.5 Å². The third kappa shape index (κ3) is 5.26. The molecule has 1 N–H and O–H groups in total. The number of rotatable bonds is 9. The van der Waals surface area contributed by atoms with Crippen LogP contribution in [0.25, 0.3) is 0 Å². The van der Waals surface area contributed by atoms with Gasteiger partial charge in [0, 0.05) is 18.2 Å². The Balaban J connectivity index is 3.01. The fraction of sp³-hybridized carbons (Fsp3) is 0.625. The molecule has 5 nitrogen and oxygen atoms in total. The zero-order valence-corrected chi connectivity index (χ0v) is 13.9. The summed E-state index contributed by atoms with van der Waals surface area (Å²) < 4.78 is 14.2. The average Bonchev–Trinajstić information content (AvgIpc) is 2.45. The number of anilines is 1. The SMILES string of the molecule is CCC(C)Cc1c(F)ccc([N+](=O)[O-])c1NCCCN(C)C. The van der Waals surface area contributed by atoms with E-state index >= 15 is 0 Å². The van der Waals surface area contributed by atoms with Gasteiger partial charge in [0.25, 0.3) is 5.69 Å². The van der Waals surface area contributed by atoms with Gasteiger partial charge in [-0.1, -0.05) is 20.3 Å². The lowest BCUT2D eigenvalue weighted by Gasteiger charge is -2.16. The van der Waals surface area contributed by atoms with Crippen LogP contribution in [0.2, 0.25) is 0 Å². The minimum atomic E-state index is -0.451. The van der Waals surface area contributed by atoms with Gasteiger partial charge < -0.3 is 10.2 Å². The van der Waals surface area contributed by atoms with E-state index in [1.807, 2.05) is 32.8 Å². The highest BCUT2D eigenvalue weighted by Crippen LogP contribution is 2.32. The molecule has 1 aromatic carbocycles. The van der Waals surface area contributed by atoms with Gasteiger partial charge in [-0.05, 0) is 45.5 Å². The number of hydrogen-bond donors (Lipinski definition) is 1. The molecule has 0 saturated heterocycles. The number of nitrogens with one attached hydrogen (secondary N) is 1. The largest absolute Gasteiger partial charge is 0.379 e. The Kier molecular flexibility index (Phi) is 7.24. The normalized spacial score (nSPS) is 12.5. The first-order valence-corrected chi connectivity index (χ1v) is 7.71. The monoisotopic (exact) mass is 311 g/mol. The van der Waals surface area contributed by atoms with E-state index in [2.05, 4.69) is 5.32 Å². The van der Waals surface area contributed by atoms with Crippen LogP contribution < -0.4 is 5.32 Å². The number of nitro benzene ring substituents is 1. The van der Waals surface area contributed by atoms with Crippen molar-refractivity contribution in [3.05, 3.63) is 33.6 Å². The first-order chi connectivity index (χ1) is 10.4. The van der Waals surface area contributed by atoms with E-state index in [4.69, 9.17) is 0 Å². The number of hydrogen-bond acceptors (Lipinski definition) is 4. The highest BCUT2D eigenvalue weighted by Gasteiger charge is 2.21. The molecule has 1 atom stereocenters. The summed E-state index contributed by atoms with van der Waals surface area (Å²) in [5.41, 5.74) is 0.710. The van der Waals surface area contributed by atoms with Crippen LogP contribution >= 0.6 is 0 Å². The number of nitrogens with zero attached hydrogens (tertiary/aromatic N) is 2. The molecule has 0 radical (unpaired) electrons. The van der Waals surface area contributed by atoms with Crippen LogP contribution in [0.5, 0.6) is 0 Å². The fourth-order valence-electron chi connectivity index (χ4n) is 2.26. The second-order valence-corrected chi connectivity index (χ2v) is 5.98. The Morgan fingerprint density at radius 2 is 2.09 bits per heavy atom. The van der Waals surface area contributed by atoms with E-state index in [9.17, 15) is 14.5 Å². The van der Waals surface area contributed by atoms with Crippen molar-refractivity contribution in [1.29, 1.82) is 0 Å². The molecule has 0 aromatic heterocycles. The molecule has 0 heterocycles. The van der Waals surface area contributed by atoms with Crippen LogP contribution in [0.1, 0.15) is 32.3 Å². The molecule has 0 fully saturated rings. The topological polar surface area (TPSA) is 58.4 Å². The van der Waals surface area contributed by atoms with Gasteiger partial charge in [-0.15, -0.1) is 0 Å². The maximum absolute atomic E-state index is 14.2. The van der Waals surface area contributed by atoms with E-state index in [-0.39, 0.29) is 17.4 Å². The van der Waals surface area contributed by atoms with Crippen molar-refractivity contribution >= 4 is 11.4 Å². The van der Waals surface area contributed by atoms with Crippen molar-refractivity contribution in [2.75, 3.05) is 32.5 Å². The third-order valence-electron chi connectivity index (χ3n) is 3.76. The van der Waals surface area contributed by atoms with Crippen molar-refractivity contribution < 1.29 is 9.31 Å². The van der Waals surface area contributed by atoms with E-state index in [1.54, 1.807) is 0 Å². The van der Waals surface area contributed by atoms with E-state index in [0.717, 1.165) is 19.4 Å². The molecule has 0 bridgehead atoms. The number of benzene rings is 1. The van der Waals surface area contributed by atoms with Gasteiger partial charge in [0.05, 0.1) is 4.92 Å². The van der Waals surface area contributed by atoms with Gasteiger partial charge in [-0.2, -0.15) is 0 Å². The zero-order valence-electron chi connectivity index (χ0n) is 13.9. The van der Waals surface area contributed by atoms with Crippen LogP contribution in [-0.4, -0.2) is 37.0 Å². The average molecular weight is 311 g/mol. The van der Waals surface area contributed by atoms with Gasteiger partial charge in [-0.25, -0.2) is 4.39 Å². The Labute approximate surface area is 131 Å². The van der Waals surface area contributed by atoms with E-state index in [0.29, 0.717) is 24.2 Å². The molecule has 0 saturated carbocycles. The molecule has 1 unspecified atom stereocenters. The van der Waals surface area contributed by atoms with Crippen LogP contribution in [-0.2, 0) is 6.42 Å². The predicted octanol–water partition coefficient (Wildman–Crippen LogP) is 3.69. The summed E-state index contributed by atoms with van der Waals surface area (Å²) in [6, 6.07) is 2.44. The second-order valence-electron chi connectivity index (χ2n) is 5.98. The molecule has 0 amide bonds. The molecule has 0 aliphatic heterocycles. The van der Waals surface area contributed by atoms with Gasteiger partial charge in [0.2, 0.25) is 0 Å². The molecule has 1 aromatic rings. The van der Waals surface area contributed by atoms with Crippen molar-refractivity contribution in [2.45, 2.75) is 33.1 Å². The molecule has 124 valence electrons. The van der Waals surface area contributed by atoms with Crippen molar-refractivity contribution in [1.82, 2.24) is 4.90 Å². The zero-order chi connectivity index (χ0) is 16.7. The lowest BCUT2D eigenvalue weighted by Crippen LogP contribution is -2.17. The molecule has 0 spiro atoms. The standard InChI is InChI=1S/C16H26FN3O2/c1-5-12(2)11-13-14(17)7-8-15(20(21)22)16(13)18-9-6-10-19(3)4/h7-8,12,18H,5-6,9-11H2,1-4H3. The second kappa shape index (κ2) is 8.68. The minimum absolute atomic E-state index is 0.0513. The molecule has 0 aliphatic carbocycles. The summed E-state index contributed by atoms with van der Waals surface area (Å²) >= 11 is 0. The fourth-order valence-corrected chi connectivity index (χ4v) is 2.26. The van der Waals surface area contributed by atoms with Gasteiger partial charge in [0.15, 0.2) is 0 Å². The molecule has 0 aliphatic rings. The highest BCUT2D eigenvalue weighted by molar-refractivity contribution is 5.67. The molecule has 22 heavy (non-hydrogen) atoms. The number of halogens is 1. The van der Waals surface area contributed by atoms with Crippen molar-refractivity contribution in [3.8, 4) is 0 Å². The van der Waals surface area contributed by atoms with E-state index in [1.165, 1.54) is 12.1 Å². The smallest absolute Gasteiger partial charge is 0.292 e. The van der Waals surface area contributed by atoms with E-state index < -0.39 is 4.92 Å². The van der Waals surface area contributed by atoms with Crippen LogP contribution in [0.4, 0.5) is 15.8 Å². The van der Waals surface area contributed by atoms with Crippen molar-refractivity contribution in [3.63, 3.8) is 0 Å². The van der Waals surface area contributed by atoms with Gasteiger partial charge in [-0.3, -0.25) is 10.1 Å². The van der Waals surface area contributed by atoms with Gasteiger partial charge >= 0.3 is 0 Å². The molecular weight excluding hydrogens is 285 g/mol. The van der Waals surface area contributed by atoms with Crippen LogP contribution in [0.3, 0.4) is 0 Å². The summed E-state index contributed by atoms with van der Waals surface area (Å²) in [6.07, 6.45) is 2.24. The third-order valence-corrected chi connectivity index (χ3v) is 3.76. The van der Waals surface area contributed by atoms with Crippen LogP contribution in [0, 0.1) is 21.8 Å². The maximum atomic E-state index is 14.2. The number of nitro groups is 1. The molecule has 1 rings (SSSR count). The lowest BCUT2D eigenvalue weighted by atomic mass is 9.96. The Morgan fingerprint density at radius 1 is 1.41 bits per heavy atom.